The number of hydrogen-bond acceptors (Lipinski definition) is 2. The number of ether oxygens (including phenoxy) is 1. The van der Waals surface area contributed by atoms with Gasteiger partial charge in [-0.2, -0.15) is 0 Å². The summed E-state index contributed by atoms with van der Waals surface area (Å²) in [4.78, 5) is 4.55. The van der Waals surface area contributed by atoms with Gasteiger partial charge >= 0.3 is 0 Å². The van der Waals surface area contributed by atoms with E-state index in [9.17, 15) is 0 Å². The highest BCUT2D eigenvalue weighted by molar-refractivity contribution is 6.30. The molecule has 3 nitrogen and oxygen atoms in total. The maximum Gasteiger partial charge on any atom is 0.129 e. The Labute approximate surface area is 126 Å². The first-order valence-electron chi connectivity index (χ1n) is 6.10. The van der Waals surface area contributed by atoms with Crippen molar-refractivity contribution in [3.8, 4) is 11.4 Å². The molecule has 3 aromatic rings. The van der Waals surface area contributed by atoms with E-state index in [1.165, 1.54) is 0 Å². The van der Waals surface area contributed by atoms with Crippen molar-refractivity contribution in [2.75, 3.05) is 7.11 Å². The maximum atomic E-state index is 6.02. The molecule has 1 aromatic heterocycles. The Morgan fingerprint density at radius 2 is 1.90 bits per heavy atom. The monoisotopic (exact) mass is 306 g/mol. The highest BCUT2D eigenvalue weighted by atomic mass is 35.5. The van der Waals surface area contributed by atoms with Crippen LogP contribution >= 0.6 is 23.2 Å². The molecule has 0 aliphatic carbocycles. The molecule has 0 N–H and O–H groups in total. The molecular formula is C15H12Cl2N2O. The second-order valence-electron chi connectivity index (χ2n) is 4.33. The van der Waals surface area contributed by atoms with Crippen LogP contribution in [-0.2, 0) is 5.88 Å². The van der Waals surface area contributed by atoms with Gasteiger partial charge in [-0.05, 0) is 36.4 Å². The maximum absolute atomic E-state index is 6.02. The van der Waals surface area contributed by atoms with Crippen LogP contribution in [0.5, 0.6) is 5.75 Å². The van der Waals surface area contributed by atoms with Gasteiger partial charge in [0, 0.05) is 16.8 Å². The van der Waals surface area contributed by atoms with Gasteiger partial charge in [0.15, 0.2) is 0 Å². The standard InChI is InChI=1S/C15H12Cl2N2O/c1-20-12-6-7-13-14(8-12)19(15(9-16)18-13)11-4-2-10(17)3-5-11/h2-8H,9H2,1H3. The minimum Gasteiger partial charge on any atom is -0.497 e. The number of rotatable bonds is 3. The van der Waals surface area contributed by atoms with E-state index in [0.717, 1.165) is 28.3 Å². The van der Waals surface area contributed by atoms with E-state index >= 15 is 0 Å². The van der Waals surface area contributed by atoms with E-state index in [2.05, 4.69) is 4.98 Å². The summed E-state index contributed by atoms with van der Waals surface area (Å²) in [5, 5.41) is 0.697. The first-order valence-corrected chi connectivity index (χ1v) is 7.01. The third-order valence-corrected chi connectivity index (χ3v) is 3.63. The molecule has 5 heteroatoms. The van der Waals surface area contributed by atoms with Crippen molar-refractivity contribution in [2.24, 2.45) is 0 Å². The largest absolute Gasteiger partial charge is 0.497 e. The minimum absolute atomic E-state index is 0.333. The zero-order valence-electron chi connectivity index (χ0n) is 10.8. The van der Waals surface area contributed by atoms with Crippen LogP contribution in [0.4, 0.5) is 0 Å². The van der Waals surface area contributed by atoms with E-state index in [1.54, 1.807) is 7.11 Å². The second kappa shape index (κ2) is 5.35. The minimum atomic E-state index is 0.333. The van der Waals surface area contributed by atoms with Gasteiger partial charge in [0.1, 0.15) is 11.6 Å². The highest BCUT2D eigenvalue weighted by Gasteiger charge is 2.12. The normalized spacial score (nSPS) is 10.9. The summed E-state index contributed by atoms with van der Waals surface area (Å²) in [6.07, 6.45) is 0. The number of halogens is 2. The molecule has 0 saturated carbocycles. The van der Waals surface area contributed by atoms with Crippen molar-refractivity contribution < 1.29 is 4.74 Å². The highest BCUT2D eigenvalue weighted by Crippen LogP contribution is 2.26. The predicted octanol–water partition coefficient (Wildman–Crippen LogP) is 4.43. The topological polar surface area (TPSA) is 27.1 Å². The molecule has 1 heterocycles. The summed E-state index contributed by atoms with van der Waals surface area (Å²) in [5.41, 5.74) is 2.82. The second-order valence-corrected chi connectivity index (χ2v) is 5.03. The molecule has 0 saturated heterocycles. The van der Waals surface area contributed by atoms with Crippen LogP contribution < -0.4 is 4.74 Å². The summed E-state index contributed by atoms with van der Waals surface area (Å²) in [6.45, 7) is 0. The molecule has 0 unspecified atom stereocenters. The van der Waals surface area contributed by atoms with Crippen molar-refractivity contribution in [3.05, 3.63) is 53.3 Å². The lowest BCUT2D eigenvalue weighted by Gasteiger charge is -2.08. The average molecular weight is 307 g/mol. The zero-order chi connectivity index (χ0) is 14.1. The molecule has 2 aromatic carbocycles. The first kappa shape index (κ1) is 13.3. The van der Waals surface area contributed by atoms with E-state index in [4.69, 9.17) is 27.9 Å². The van der Waals surface area contributed by atoms with E-state index in [-0.39, 0.29) is 0 Å². The first-order chi connectivity index (χ1) is 9.72. The van der Waals surface area contributed by atoms with E-state index in [1.807, 2.05) is 47.0 Å². The van der Waals surface area contributed by atoms with Gasteiger partial charge in [-0.15, -0.1) is 11.6 Å². The molecule has 0 aliphatic heterocycles. The molecule has 0 amide bonds. The molecule has 0 bridgehead atoms. The smallest absolute Gasteiger partial charge is 0.129 e. The van der Waals surface area contributed by atoms with Gasteiger partial charge < -0.3 is 4.74 Å². The van der Waals surface area contributed by atoms with Crippen LogP contribution in [0.1, 0.15) is 5.82 Å². The van der Waals surface area contributed by atoms with Gasteiger partial charge in [0.05, 0.1) is 24.0 Å². The zero-order valence-corrected chi connectivity index (χ0v) is 12.3. The van der Waals surface area contributed by atoms with Gasteiger partial charge in [-0.3, -0.25) is 4.57 Å². The van der Waals surface area contributed by atoms with Crippen LogP contribution in [0.15, 0.2) is 42.5 Å². The Kier molecular flexibility index (Phi) is 3.55. The quantitative estimate of drug-likeness (QED) is 0.669. The van der Waals surface area contributed by atoms with Gasteiger partial charge in [-0.1, -0.05) is 11.6 Å². The third kappa shape index (κ3) is 2.23. The fraction of sp³-hybridized carbons (Fsp3) is 0.133. The number of alkyl halides is 1. The van der Waals surface area contributed by atoms with E-state index < -0.39 is 0 Å². The molecule has 0 atom stereocenters. The summed E-state index contributed by atoms with van der Waals surface area (Å²) < 4.78 is 7.30. The molecule has 0 fully saturated rings. The molecule has 102 valence electrons. The number of benzene rings is 2. The van der Waals surface area contributed by atoms with Crippen molar-refractivity contribution in [1.29, 1.82) is 0 Å². The van der Waals surface area contributed by atoms with Crippen molar-refractivity contribution in [3.63, 3.8) is 0 Å². The predicted molar refractivity (Wildman–Crippen MR) is 82.2 cm³/mol. The molecule has 0 radical (unpaired) electrons. The number of aromatic nitrogens is 2. The Hall–Kier alpha value is -1.71. The van der Waals surface area contributed by atoms with Crippen LogP contribution in [0.25, 0.3) is 16.7 Å². The summed E-state index contributed by atoms with van der Waals surface area (Å²) in [6, 6.07) is 13.4. The lowest BCUT2D eigenvalue weighted by Crippen LogP contribution is -1.99. The molecular weight excluding hydrogens is 295 g/mol. The Bertz CT molecular complexity index is 750. The number of nitrogens with zero attached hydrogens (tertiary/aromatic N) is 2. The number of fused-ring (bicyclic) bond motifs is 1. The molecule has 0 spiro atoms. The Morgan fingerprint density at radius 1 is 1.15 bits per heavy atom. The van der Waals surface area contributed by atoms with Gasteiger partial charge in [0.25, 0.3) is 0 Å². The average Bonchev–Trinajstić information content (AvgIpc) is 2.85. The SMILES string of the molecule is COc1ccc2nc(CCl)n(-c3ccc(Cl)cc3)c2c1. The van der Waals surface area contributed by atoms with Crippen molar-refractivity contribution >= 4 is 34.2 Å². The van der Waals surface area contributed by atoms with Gasteiger partial charge in [0.2, 0.25) is 0 Å². The lowest BCUT2D eigenvalue weighted by molar-refractivity contribution is 0.415. The number of methoxy groups -OCH3 is 1. The Balaban J connectivity index is 2.28. The molecule has 3 rings (SSSR count). The fourth-order valence-corrected chi connectivity index (χ4v) is 2.51. The molecule has 0 aliphatic rings. The van der Waals surface area contributed by atoms with E-state index in [0.29, 0.717) is 10.9 Å². The number of imidazole rings is 1. The fourth-order valence-electron chi connectivity index (χ4n) is 2.20. The van der Waals surface area contributed by atoms with Crippen LogP contribution in [-0.4, -0.2) is 16.7 Å². The third-order valence-electron chi connectivity index (χ3n) is 3.14. The molecule has 20 heavy (non-hydrogen) atoms. The summed E-state index contributed by atoms with van der Waals surface area (Å²) in [5.74, 6) is 1.91. The lowest BCUT2D eigenvalue weighted by atomic mass is 10.2. The summed E-state index contributed by atoms with van der Waals surface area (Å²) >= 11 is 12.0. The summed E-state index contributed by atoms with van der Waals surface area (Å²) in [7, 11) is 1.65. The van der Waals surface area contributed by atoms with Gasteiger partial charge in [-0.25, -0.2) is 4.98 Å². The van der Waals surface area contributed by atoms with Crippen molar-refractivity contribution in [2.45, 2.75) is 5.88 Å². The van der Waals surface area contributed by atoms with Crippen LogP contribution in [0.3, 0.4) is 0 Å². The Morgan fingerprint density at radius 3 is 2.55 bits per heavy atom. The van der Waals surface area contributed by atoms with Crippen molar-refractivity contribution in [1.82, 2.24) is 9.55 Å². The number of hydrogen-bond donors (Lipinski definition) is 0. The van der Waals surface area contributed by atoms with Crippen LogP contribution in [0, 0.1) is 0 Å². The van der Waals surface area contributed by atoms with Crippen LogP contribution in [0.2, 0.25) is 5.02 Å².